The van der Waals surface area contributed by atoms with Crippen LogP contribution in [0.2, 0.25) is 0 Å². The molecule has 1 nitrogen and oxygen atoms in total. The molecule has 64 valence electrons. The van der Waals surface area contributed by atoms with Gasteiger partial charge in [0, 0.05) is 0 Å². The molecule has 0 radical (unpaired) electrons. The molecule has 0 saturated heterocycles. The zero-order chi connectivity index (χ0) is 8.81. The third kappa shape index (κ3) is 2.79. The second-order valence-corrected chi connectivity index (χ2v) is 2.80. The summed E-state index contributed by atoms with van der Waals surface area (Å²) in [5.74, 6) is 0. The molecule has 0 saturated carbocycles. The second-order valence-electron chi connectivity index (χ2n) is 2.80. The molecule has 1 heteroatoms. The van der Waals surface area contributed by atoms with Crippen LogP contribution in [0.3, 0.4) is 0 Å². The predicted octanol–water partition coefficient (Wildman–Crippen LogP) is 2.70. The highest BCUT2D eigenvalue weighted by Crippen LogP contribution is 2.03. The number of methoxy groups -OCH3 is 1. The van der Waals surface area contributed by atoms with E-state index in [2.05, 4.69) is 31.2 Å². The first-order valence-electron chi connectivity index (χ1n) is 4.06. The van der Waals surface area contributed by atoms with Crippen molar-refractivity contribution in [2.45, 2.75) is 13.3 Å². The number of aryl methyl sites for hydroxylation is 1. The van der Waals surface area contributed by atoms with Crippen molar-refractivity contribution in [1.82, 2.24) is 0 Å². The van der Waals surface area contributed by atoms with E-state index < -0.39 is 0 Å². The smallest absolute Gasteiger partial charge is 0.0788 e. The van der Waals surface area contributed by atoms with Gasteiger partial charge in [-0.2, -0.15) is 0 Å². The van der Waals surface area contributed by atoms with Crippen LogP contribution in [0.25, 0.3) is 0 Å². The van der Waals surface area contributed by atoms with Gasteiger partial charge in [-0.3, -0.25) is 0 Å². The molecule has 0 aliphatic rings. The highest BCUT2D eigenvalue weighted by molar-refractivity contribution is 5.22. The lowest BCUT2D eigenvalue weighted by Crippen LogP contribution is -1.80. The first kappa shape index (κ1) is 8.85. The first-order valence-corrected chi connectivity index (χ1v) is 4.06. The van der Waals surface area contributed by atoms with Crippen molar-refractivity contribution in [2.24, 2.45) is 0 Å². The maximum absolute atomic E-state index is 4.81. The van der Waals surface area contributed by atoms with Gasteiger partial charge >= 0.3 is 0 Å². The molecule has 0 N–H and O–H groups in total. The van der Waals surface area contributed by atoms with Crippen LogP contribution in [0.4, 0.5) is 0 Å². The minimum Gasteiger partial charge on any atom is -0.505 e. The number of benzene rings is 1. The van der Waals surface area contributed by atoms with Crippen molar-refractivity contribution in [2.75, 3.05) is 7.11 Å². The lowest BCUT2D eigenvalue weighted by molar-refractivity contribution is 0.337. The normalized spacial score (nSPS) is 10.5. The van der Waals surface area contributed by atoms with Crippen molar-refractivity contribution in [3.8, 4) is 0 Å². The van der Waals surface area contributed by atoms with E-state index in [1.165, 1.54) is 11.1 Å². The Balaban J connectivity index is 2.53. The van der Waals surface area contributed by atoms with Crippen LogP contribution in [0, 0.1) is 6.92 Å². The van der Waals surface area contributed by atoms with Crippen molar-refractivity contribution in [3.05, 3.63) is 47.7 Å². The zero-order valence-corrected chi connectivity index (χ0v) is 7.58. The Labute approximate surface area is 73.7 Å². The summed E-state index contributed by atoms with van der Waals surface area (Å²) in [5, 5.41) is 0. The van der Waals surface area contributed by atoms with E-state index in [-0.39, 0.29) is 0 Å². The number of allylic oxidation sites excluding steroid dienone is 1. The summed E-state index contributed by atoms with van der Waals surface area (Å²) < 4.78 is 4.81. The van der Waals surface area contributed by atoms with Gasteiger partial charge in [0.15, 0.2) is 0 Å². The number of hydrogen-bond donors (Lipinski definition) is 0. The summed E-state index contributed by atoms with van der Waals surface area (Å²) in [6, 6.07) is 8.51. The van der Waals surface area contributed by atoms with Gasteiger partial charge in [-0.15, -0.1) is 0 Å². The molecule has 0 fully saturated rings. The Morgan fingerprint density at radius 2 is 1.92 bits per heavy atom. The Bertz CT molecular complexity index is 246. The van der Waals surface area contributed by atoms with Crippen molar-refractivity contribution in [1.29, 1.82) is 0 Å². The standard InChI is InChI=1S/C11H14O/c1-10-5-7-11(8-6-10)4-3-9-12-2/h3,5-9H,4H2,1-2H3/b9-3+. The van der Waals surface area contributed by atoms with Gasteiger partial charge in [-0.1, -0.05) is 29.8 Å². The molecule has 0 amide bonds. The molecule has 1 rings (SSSR count). The monoisotopic (exact) mass is 162 g/mol. The van der Waals surface area contributed by atoms with Crippen LogP contribution in [0.5, 0.6) is 0 Å². The Morgan fingerprint density at radius 1 is 1.25 bits per heavy atom. The molecule has 0 aliphatic carbocycles. The van der Waals surface area contributed by atoms with Gasteiger partial charge in [0.05, 0.1) is 13.4 Å². The third-order valence-corrected chi connectivity index (χ3v) is 1.71. The van der Waals surface area contributed by atoms with E-state index in [1.54, 1.807) is 13.4 Å². The van der Waals surface area contributed by atoms with E-state index in [4.69, 9.17) is 4.74 Å². The van der Waals surface area contributed by atoms with Gasteiger partial charge in [0.25, 0.3) is 0 Å². The highest BCUT2D eigenvalue weighted by atomic mass is 16.5. The molecule has 0 unspecified atom stereocenters. The van der Waals surface area contributed by atoms with Gasteiger partial charge in [-0.25, -0.2) is 0 Å². The quantitative estimate of drug-likeness (QED) is 0.621. The molecule has 0 heterocycles. The minimum absolute atomic E-state index is 0.939. The van der Waals surface area contributed by atoms with Gasteiger partial charge in [0.2, 0.25) is 0 Å². The van der Waals surface area contributed by atoms with Crippen LogP contribution in [-0.2, 0) is 11.2 Å². The number of ether oxygens (including phenoxy) is 1. The predicted molar refractivity (Wildman–Crippen MR) is 51.0 cm³/mol. The fraction of sp³-hybridized carbons (Fsp3) is 0.273. The van der Waals surface area contributed by atoms with E-state index in [9.17, 15) is 0 Å². The molecule has 12 heavy (non-hydrogen) atoms. The summed E-state index contributed by atoms with van der Waals surface area (Å²) in [4.78, 5) is 0. The summed E-state index contributed by atoms with van der Waals surface area (Å²) >= 11 is 0. The maximum atomic E-state index is 4.81. The van der Waals surface area contributed by atoms with Gasteiger partial charge < -0.3 is 4.74 Å². The summed E-state index contributed by atoms with van der Waals surface area (Å²) in [6.07, 6.45) is 4.65. The molecule has 0 atom stereocenters. The van der Waals surface area contributed by atoms with Crippen molar-refractivity contribution >= 4 is 0 Å². The Kier molecular flexibility index (Phi) is 3.39. The molecule has 0 spiro atoms. The van der Waals surface area contributed by atoms with Crippen LogP contribution in [0.15, 0.2) is 36.6 Å². The van der Waals surface area contributed by atoms with Crippen LogP contribution >= 0.6 is 0 Å². The lowest BCUT2D eigenvalue weighted by atomic mass is 10.1. The fourth-order valence-corrected chi connectivity index (χ4v) is 1.00. The zero-order valence-electron chi connectivity index (χ0n) is 7.58. The van der Waals surface area contributed by atoms with Gasteiger partial charge in [0.1, 0.15) is 0 Å². The van der Waals surface area contributed by atoms with E-state index in [0.29, 0.717) is 0 Å². The number of hydrogen-bond acceptors (Lipinski definition) is 1. The Hall–Kier alpha value is -1.24. The van der Waals surface area contributed by atoms with Crippen molar-refractivity contribution in [3.63, 3.8) is 0 Å². The molecule has 1 aromatic rings. The summed E-state index contributed by atoms with van der Waals surface area (Å²) in [5.41, 5.74) is 2.61. The molecular weight excluding hydrogens is 148 g/mol. The summed E-state index contributed by atoms with van der Waals surface area (Å²) in [7, 11) is 1.66. The Morgan fingerprint density at radius 3 is 2.50 bits per heavy atom. The molecule has 0 bridgehead atoms. The topological polar surface area (TPSA) is 9.23 Å². The molecular formula is C11H14O. The fourth-order valence-electron chi connectivity index (χ4n) is 1.00. The summed E-state index contributed by atoms with van der Waals surface area (Å²) in [6.45, 7) is 2.09. The third-order valence-electron chi connectivity index (χ3n) is 1.71. The lowest BCUT2D eigenvalue weighted by Gasteiger charge is -1.96. The van der Waals surface area contributed by atoms with Crippen LogP contribution in [0.1, 0.15) is 11.1 Å². The average molecular weight is 162 g/mol. The SMILES string of the molecule is CO/C=C/Cc1ccc(C)cc1. The van der Waals surface area contributed by atoms with E-state index in [1.807, 2.05) is 6.08 Å². The first-order chi connectivity index (χ1) is 5.83. The minimum atomic E-state index is 0.939. The average Bonchev–Trinajstić information content (AvgIpc) is 2.09. The van der Waals surface area contributed by atoms with Crippen molar-refractivity contribution < 1.29 is 4.74 Å². The van der Waals surface area contributed by atoms with Gasteiger partial charge in [-0.05, 0) is 25.0 Å². The largest absolute Gasteiger partial charge is 0.505 e. The maximum Gasteiger partial charge on any atom is 0.0788 e. The molecule has 0 aromatic heterocycles. The highest BCUT2D eigenvalue weighted by Gasteiger charge is 1.87. The van der Waals surface area contributed by atoms with Crippen LogP contribution < -0.4 is 0 Å². The van der Waals surface area contributed by atoms with E-state index in [0.717, 1.165) is 6.42 Å². The number of rotatable bonds is 3. The van der Waals surface area contributed by atoms with Crippen LogP contribution in [-0.4, -0.2) is 7.11 Å². The molecule has 1 aromatic carbocycles. The second kappa shape index (κ2) is 4.60. The molecule has 0 aliphatic heterocycles. The van der Waals surface area contributed by atoms with E-state index >= 15 is 0 Å².